The summed E-state index contributed by atoms with van der Waals surface area (Å²) in [6.45, 7) is 1.79. The van der Waals surface area contributed by atoms with Crippen LogP contribution in [0, 0.1) is 0 Å². The van der Waals surface area contributed by atoms with Crippen molar-refractivity contribution in [1.29, 1.82) is 0 Å². The van der Waals surface area contributed by atoms with Crippen molar-refractivity contribution in [2.45, 2.75) is 13.3 Å². The van der Waals surface area contributed by atoms with E-state index >= 15 is 0 Å². The number of hydrogen-bond donors (Lipinski definition) is 1. The third-order valence-corrected chi connectivity index (χ3v) is 3.74. The third kappa shape index (κ3) is 5.50. The minimum Gasteiger partial charge on any atom is -0.416 e. The summed E-state index contributed by atoms with van der Waals surface area (Å²) >= 11 is 12.1. The molecule has 0 bridgehead atoms. The first-order chi connectivity index (χ1) is 12.4. The van der Waals surface area contributed by atoms with Crippen LogP contribution in [-0.2, 0) is 9.63 Å². The summed E-state index contributed by atoms with van der Waals surface area (Å²) in [4.78, 5) is 16.2. The van der Waals surface area contributed by atoms with Crippen molar-refractivity contribution in [1.82, 2.24) is 15.1 Å². The normalized spacial score (nSPS) is 12.0. The van der Waals surface area contributed by atoms with Crippen molar-refractivity contribution in [3.05, 3.63) is 52.2 Å². The van der Waals surface area contributed by atoms with E-state index in [1.165, 1.54) is 7.11 Å². The second-order valence-corrected chi connectivity index (χ2v) is 6.09. The zero-order valence-electron chi connectivity index (χ0n) is 14.5. The van der Waals surface area contributed by atoms with Gasteiger partial charge in [0.1, 0.15) is 7.11 Å². The number of aromatic nitrogens is 2. The molecule has 1 heterocycles. The van der Waals surface area contributed by atoms with Gasteiger partial charge in [-0.1, -0.05) is 28.8 Å². The zero-order valence-corrected chi connectivity index (χ0v) is 16.0. The molecule has 7 nitrogen and oxygen atoms in total. The first-order valence-electron chi connectivity index (χ1n) is 7.60. The summed E-state index contributed by atoms with van der Waals surface area (Å²) in [5, 5.41) is 11.6. The average molecular weight is 397 g/mol. The lowest BCUT2D eigenvalue weighted by atomic mass is 10.2. The highest BCUT2D eigenvalue weighted by molar-refractivity contribution is 6.35. The van der Waals surface area contributed by atoms with E-state index in [9.17, 15) is 4.79 Å². The van der Waals surface area contributed by atoms with Gasteiger partial charge in [0.25, 0.3) is 5.90 Å². The summed E-state index contributed by atoms with van der Waals surface area (Å²) in [5.41, 5.74) is 1.41. The van der Waals surface area contributed by atoms with Gasteiger partial charge >= 0.3 is 0 Å². The van der Waals surface area contributed by atoms with Gasteiger partial charge in [-0.15, -0.1) is 5.10 Å². The van der Waals surface area contributed by atoms with Gasteiger partial charge < -0.3 is 14.9 Å². The first-order valence-corrected chi connectivity index (χ1v) is 8.36. The molecule has 1 aromatic carbocycles. The second-order valence-electron chi connectivity index (χ2n) is 5.25. The summed E-state index contributed by atoms with van der Waals surface area (Å²) in [6, 6.07) is 6.74. The lowest BCUT2D eigenvalue weighted by Crippen LogP contribution is -2.18. The summed E-state index contributed by atoms with van der Waals surface area (Å²) in [6.07, 6.45) is 3.51. The van der Waals surface area contributed by atoms with Gasteiger partial charge in [0, 0.05) is 36.8 Å². The Kier molecular flexibility index (Phi) is 7.06. The topological polar surface area (TPSA) is 77.7 Å². The Hall–Kier alpha value is -2.51. The summed E-state index contributed by atoms with van der Waals surface area (Å²) in [7, 11) is 2.97. The van der Waals surface area contributed by atoms with Crippen molar-refractivity contribution in [2.24, 2.45) is 5.16 Å². The lowest BCUT2D eigenvalue weighted by Gasteiger charge is -2.05. The molecule has 1 N–H and O–H groups in total. The van der Waals surface area contributed by atoms with Gasteiger partial charge in [-0.2, -0.15) is 0 Å². The molecule has 2 aromatic rings. The first kappa shape index (κ1) is 19.8. The lowest BCUT2D eigenvalue weighted by molar-refractivity contribution is -0.119. The van der Waals surface area contributed by atoms with E-state index in [4.69, 9.17) is 32.8 Å². The molecule has 0 radical (unpaired) electrons. The molecule has 26 heavy (non-hydrogen) atoms. The van der Waals surface area contributed by atoms with Crippen LogP contribution in [0.25, 0.3) is 5.69 Å². The highest BCUT2D eigenvalue weighted by atomic mass is 35.5. The largest absolute Gasteiger partial charge is 0.416 e. The van der Waals surface area contributed by atoms with Crippen LogP contribution in [0.4, 0.5) is 0 Å². The fourth-order valence-electron chi connectivity index (χ4n) is 2.04. The number of halogens is 2. The number of rotatable bonds is 6. The maximum absolute atomic E-state index is 11.4. The van der Waals surface area contributed by atoms with Crippen molar-refractivity contribution >= 4 is 35.0 Å². The van der Waals surface area contributed by atoms with E-state index in [0.717, 1.165) is 5.57 Å². The molecule has 0 saturated heterocycles. The number of hydrogen-bond acceptors (Lipinski definition) is 5. The van der Waals surface area contributed by atoms with E-state index in [1.807, 2.05) is 0 Å². The van der Waals surface area contributed by atoms with Gasteiger partial charge in [-0.3, -0.25) is 4.79 Å². The van der Waals surface area contributed by atoms with Crippen molar-refractivity contribution in [3.63, 3.8) is 0 Å². The molecule has 0 spiro atoms. The molecular weight excluding hydrogens is 379 g/mol. The summed E-state index contributed by atoms with van der Waals surface area (Å²) < 4.78 is 7.18. The van der Waals surface area contributed by atoms with Crippen LogP contribution in [0.1, 0.15) is 13.3 Å². The van der Waals surface area contributed by atoms with Gasteiger partial charge in [-0.25, -0.2) is 4.68 Å². The number of carbonyl (C=O) groups excluding carboxylic acids is 1. The SMILES string of the molecule is CNC(=O)C/C(C)=C\C(=N\OC)Oc1ccn(-c2ccc(Cl)cc2Cl)n1. The van der Waals surface area contributed by atoms with Crippen LogP contribution < -0.4 is 10.1 Å². The maximum atomic E-state index is 11.4. The van der Waals surface area contributed by atoms with Crippen molar-refractivity contribution in [3.8, 4) is 11.6 Å². The van der Waals surface area contributed by atoms with Crippen LogP contribution in [0.3, 0.4) is 0 Å². The number of ether oxygens (including phenoxy) is 1. The highest BCUT2D eigenvalue weighted by Gasteiger charge is 2.10. The second kappa shape index (κ2) is 9.26. The Labute approximate surface area is 161 Å². The minimum atomic E-state index is -0.114. The number of amides is 1. The molecular formula is C17H18Cl2N4O3. The predicted octanol–water partition coefficient (Wildman–Crippen LogP) is 3.60. The number of oxime groups is 1. The molecule has 0 unspecified atom stereocenters. The fraction of sp³-hybridized carbons (Fsp3) is 0.235. The number of nitrogens with zero attached hydrogens (tertiary/aromatic N) is 3. The fourth-order valence-corrected chi connectivity index (χ4v) is 2.53. The maximum Gasteiger partial charge on any atom is 0.257 e. The van der Waals surface area contributed by atoms with Gasteiger partial charge in [-0.05, 0) is 30.3 Å². The van der Waals surface area contributed by atoms with Crippen LogP contribution in [0.5, 0.6) is 5.88 Å². The average Bonchev–Trinajstić information content (AvgIpc) is 3.02. The molecule has 9 heteroatoms. The summed E-state index contributed by atoms with van der Waals surface area (Å²) in [5.74, 6) is 0.342. The van der Waals surface area contributed by atoms with Crippen LogP contribution in [0.2, 0.25) is 10.0 Å². The van der Waals surface area contributed by atoms with E-state index in [0.29, 0.717) is 15.7 Å². The van der Waals surface area contributed by atoms with Gasteiger partial charge in [0.15, 0.2) is 0 Å². The molecule has 0 aliphatic rings. The number of benzene rings is 1. The van der Waals surface area contributed by atoms with E-state index < -0.39 is 0 Å². The van der Waals surface area contributed by atoms with Crippen molar-refractivity contribution < 1.29 is 14.4 Å². The van der Waals surface area contributed by atoms with Crippen LogP contribution in [-0.4, -0.2) is 35.7 Å². The molecule has 0 fully saturated rings. The van der Waals surface area contributed by atoms with Crippen molar-refractivity contribution in [2.75, 3.05) is 14.2 Å². The van der Waals surface area contributed by atoms with Gasteiger partial charge in [0.05, 0.1) is 10.7 Å². The van der Waals surface area contributed by atoms with Crippen LogP contribution in [0.15, 0.2) is 47.3 Å². The van der Waals surface area contributed by atoms with Crippen LogP contribution >= 0.6 is 23.2 Å². The van der Waals surface area contributed by atoms with E-state index in [-0.39, 0.29) is 24.1 Å². The molecule has 138 valence electrons. The van der Waals surface area contributed by atoms with E-state index in [2.05, 4.69) is 15.6 Å². The minimum absolute atomic E-state index is 0.114. The Morgan fingerprint density at radius 2 is 2.15 bits per heavy atom. The standard InChI is InChI=1S/C17H18Cl2N4O3/c1-11(8-15(24)20-2)9-17(22-25-3)26-16-6-7-23(21-16)14-5-4-12(18)10-13(14)19/h4-7,9-10H,8H2,1-3H3,(H,20,24)/b11-9-,22-17-. The zero-order chi connectivity index (χ0) is 19.1. The Balaban J connectivity index is 2.18. The molecule has 1 aromatic heterocycles. The molecule has 0 aliphatic heterocycles. The predicted molar refractivity (Wildman–Crippen MR) is 101 cm³/mol. The monoisotopic (exact) mass is 396 g/mol. The molecule has 2 rings (SSSR count). The molecule has 1 amide bonds. The molecule has 0 saturated carbocycles. The highest BCUT2D eigenvalue weighted by Crippen LogP contribution is 2.24. The Morgan fingerprint density at radius 1 is 1.38 bits per heavy atom. The Morgan fingerprint density at radius 3 is 2.81 bits per heavy atom. The Bertz CT molecular complexity index is 846. The third-order valence-electron chi connectivity index (χ3n) is 3.20. The molecule has 0 atom stereocenters. The van der Waals surface area contributed by atoms with Gasteiger partial charge in [0.2, 0.25) is 11.8 Å². The number of nitrogens with one attached hydrogen (secondary N) is 1. The number of carbonyl (C=O) groups is 1. The smallest absolute Gasteiger partial charge is 0.257 e. The quantitative estimate of drug-likeness (QED) is 0.459. The van der Waals surface area contributed by atoms with E-state index in [1.54, 1.807) is 55.2 Å². The molecule has 0 aliphatic carbocycles.